The van der Waals surface area contributed by atoms with Crippen molar-refractivity contribution in [1.82, 2.24) is 14.5 Å². The number of esters is 2. The fourth-order valence-electron chi connectivity index (χ4n) is 9.25. The van der Waals surface area contributed by atoms with Crippen molar-refractivity contribution in [3.63, 3.8) is 0 Å². The van der Waals surface area contributed by atoms with E-state index < -0.39 is 21.4 Å². The molecule has 8 atom stereocenters. The summed E-state index contributed by atoms with van der Waals surface area (Å²) >= 11 is 6.13. The number of piperazine rings is 1. The van der Waals surface area contributed by atoms with Gasteiger partial charge in [0, 0.05) is 60.7 Å². The average molecular weight is 931 g/mol. The number of nitriles is 1. The number of anilines is 1. The number of carbonyl (C=O) groups excluding carboxylic acids is 3. The molecule has 0 radical (unpaired) electrons. The van der Waals surface area contributed by atoms with Crippen LogP contribution in [0.3, 0.4) is 0 Å². The lowest BCUT2D eigenvalue weighted by Gasteiger charge is -2.44. The third-order valence-corrected chi connectivity index (χ3v) is 15.5. The number of halogens is 1. The molecule has 1 aromatic heterocycles. The van der Waals surface area contributed by atoms with Gasteiger partial charge in [-0.15, -0.1) is 0 Å². The molecule has 2 aliphatic heterocycles. The molecule has 0 bridgehead atoms. The zero-order valence-corrected chi connectivity index (χ0v) is 40.0. The van der Waals surface area contributed by atoms with Gasteiger partial charge in [0.05, 0.1) is 53.9 Å². The van der Waals surface area contributed by atoms with Gasteiger partial charge < -0.3 is 24.0 Å². The van der Waals surface area contributed by atoms with E-state index in [-0.39, 0.29) is 73.0 Å². The summed E-state index contributed by atoms with van der Waals surface area (Å²) in [7, 11) is -3.28. The molecule has 4 aliphatic rings. The van der Waals surface area contributed by atoms with E-state index in [2.05, 4.69) is 43.1 Å². The first kappa shape index (κ1) is 49.6. The molecule has 3 heterocycles. The van der Waals surface area contributed by atoms with Crippen molar-refractivity contribution < 1.29 is 37.4 Å². The molecule has 65 heavy (non-hydrogen) atoms. The van der Waals surface area contributed by atoms with Crippen LogP contribution in [0.1, 0.15) is 96.9 Å². The van der Waals surface area contributed by atoms with Crippen molar-refractivity contribution in [2.75, 3.05) is 29.5 Å². The number of ether oxygens (including phenoxy) is 2. The summed E-state index contributed by atoms with van der Waals surface area (Å²) < 4.78 is 38.7. The van der Waals surface area contributed by atoms with Crippen LogP contribution in [-0.2, 0) is 46.8 Å². The standard InChI is InChI=1S/C25H26ClN5O3S.C25H38O5/c1-2-35(33,34)17-24-15-31(22-5-3-4-21(26)10-22)25(32)16-29(24)14-23-12-28-18-30(23)13-20-8-6-19(11-27)7-9-20;1-6-25(4,5)24(28)30-21-12-15(2)11-17-8-7-16(3)20(23(17)21)10-9-19-13-18(26)14-22(27)29-19/h3-10,12,18,24H,2,13-17H2,1H3;7-8,11,15-16,18-21,23,26H,6,9-10,12-14H2,1-5H3/t;15-,16-,18+,19+,20-,21-,23-/m.0/s1. The predicted molar refractivity (Wildman–Crippen MR) is 250 cm³/mol. The molecule has 2 aromatic carbocycles. The quantitative estimate of drug-likeness (QED) is 0.157. The summed E-state index contributed by atoms with van der Waals surface area (Å²) in [5.41, 5.74) is 3.92. The van der Waals surface area contributed by atoms with E-state index >= 15 is 0 Å². The molecular weight excluding hydrogens is 866 g/mol. The van der Waals surface area contributed by atoms with Crippen LogP contribution >= 0.6 is 11.6 Å². The topological polar surface area (TPSA) is 172 Å². The molecule has 350 valence electrons. The van der Waals surface area contributed by atoms with Gasteiger partial charge in [0.25, 0.3) is 0 Å². The number of amides is 1. The molecule has 1 unspecified atom stereocenters. The number of cyclic esters (lactones) is 1. The number of carbonyl (C=O) groups is 3. The number of imidazole rings is 1. The molecule has 15 heteroatoms. The Morgan fingerprint density at radius 1 is 1.08 bits per heavy atom. The number of hydrogen-bond acceptors (Lipinski definition) is 11. The highest BCUT2D eigenvalue weighted by molar-refractivity contribution is 7.91. The third-order valence-electron chi connectivity index (χ3n) is 13.5. The maximum absolute atomic E-state index is 13.1. The zero-order chi connectivity index (χ0) is 47.1. The number of aliphatic hydroxyl groups excluding tert-OH is 1. The van der Waals surface area contributed by atoms with Crippen molar-refractivity contribution in [3.8, 4) is 6.07 Å². The Labute approximate surface area is 389 Å². The van der Waals surface area contributed by atoms with E-state index in [0.29, 0.717) is 53.5 Å². The van der Waals surface area contributed by atoms with Gasteiger partial charge in [-0.25, -0.2) is 13.4 Å². The van der Waals surface area contributed by atoms with E-state index in [9.17, 15) is 27.9 Å². The largest absolute Gasteiger partial charge is 0.462 e. The molecule has 2 aliphatic carbocycles. The molecule has 3 aromatic rings. The van der Waals surface area contributed by atoms with Gasteiger partial charge in [0.1, 0.15) is 12.2 Å². The highest BCUT2D eigenvalue weighted by Crippen LogP contribution is 2.46. The molecule has 7 rings (SSSR count). The van der Waals surface area contributed by atoms with Crippen LogP contribution in [0.2, 0.25) is 5.02 Å². The first-order valence-electron chi connectivity index (χ1n) is 22.9. The second-order valence-corrected chi connectivity index (χ2v) is 21.6. The number of allylic oxidation sites excluding steroid dienone is 3. The van der Waals surface area contributed by atoms with Gasteiger partial charge in [-0.3, -0.25) is 19.3 Å². The molecule has 13 nitrogen and oxygen atoms in total. The van der Waals surface area contributed by atoms with Gasteiger partial charge in [-0.2, -0.15) is 5.26 Å². The maximum Gasteiger partial charge on any atom is 0.311 e. The van der Waals surface area contributed by atoms with Gasteiger partial charge in [0.2, 0.25) is 5.91 Å². The van der Waals surface area contributed by atoms with E-state index in [1.54, 1.807) is 60.7 Å². The minimum Gasteiger partial charge on any atom is -0.462 e. The number of nitrogens with zero attached hydrogens (tertiary/aromatic N) is 5. The van der Waals surface area contributed by atoms with E-state index in [1.807, 2.05) is 42.4 Å². The fraction of sp³-hybridized carbons (Fsp3) is 0.540. The Morgan fingerprint density at radius 2 is 1.83 bits per heavy atom. The zero-order valence-electron chi connectivity index (χ0n) is 38.4. The summed E-state index contributed by atoms with van der Waals surface area (Å²) in [4.78, 5) is 45.5. The number of hydrogen-bond donors (Lipinski definition) is 1. The number of benzene rings is 2. The lowest BCUT2D eigenvalue weighted by Crippen LogP contribution is -2.58. The van der Waals surface area contributed by atoms with Crippen LogP contribution in [-0.4, -0.2) is 94.8 Å². The summed E-state index contributed by atoms with van der Waals surface area (Å²) in [6.45, 7) is 13.2. The molecule has 2 fully saturated rings. The monoisotopic (exact) mass is 929 g/mol. The Bertz CT molecular complexity index is 2370. The summed E-state index contributed by atoms with van der Waals surface area (Å²) in [5, 5.41) is 19.4. The van der Waals surface area contributed by atoms with Crippen LogP contribution in [0.5, 0.6) is 0 Å². The molecule has 1 N–H and O–H groups in total. The second-order valence-electron chi connectivity index (χ2n) is 18.8. The first-order valence-corrected chi connectivity index (χ1v) is 25.0. The lowest BCUT2D eigenvalue weighted by atomic mass is 9.65. The Hall–Kier alpha value is -4.81. The van der Waals surface area contributed by atoms with Gasteiger partial charge >= 0.3 is 11.9 Å². The van der Waals surface area contributed by atoms with Crippen LogP contribution in [0, 0.1) is 40.4 Å². The summed E-state index contributed by atoms with van der Waals surface area (Å²) in [6, 6.07) is 16.1. The highest BCUT2D eigenvalue weighted by atomic mass is 35.5. The molecule has 1 amide bonds. The number of sulfone groups is 1. The fourth-order valence-corrected chi connectivity index (χ4v) is 10.6. The number of fused-ring (bicyclic) bond motifs is 1. The SMILES string of the molecule is CCC(C)(C)C(=O)O[C@H]1C[C@@H](C)C=C2C=C[C@H](C)[C@H](CC[C@@H]3C[C@@H](O)CC(=O)O3)[C@H]21.CCS(=O)(=O)CC1CN(c2cccc(Cl)c2)C(=O)CN1Cc1cncn1Cc1ccc(C#N)cc1. The normalized spacial score (nSPS) is 26.0. The molecule has 0 saturated carbocycles. The van der Waals surface area contributed by atoms with E-state index in [1.165, 1.54) is 5.57 Å². The van der Waals surface area contributed by atoms with Crippen LogP contribution in [0.15, 0.2) is 84.9 Å². The average Bonchev–Trinajstić information content (AvgIpc) is 3.70. The lowest BCUT2D eigenvalue weighted by molar-refractivity contribution is -0.166. The minimum atomic E-state index is -3.28. The number of rotatable bonds is 14. The van der Waals surface area contributed by atoms with Crippen molar-refractivity contribution in [1.29, 1.82) is 5.26 Å². The Balaban J connectivity index is 0.000000218. The van der Waals surface area contributed by atoms with E-state index in [0.717, 1.165) is 36.9 Å². The molecule has 2 saturated heterocycles. The second kappa shape index (κ2) is 21.7. The van der Waals surface area contributed by atoms with Crippen molar-refractivity contribution in [2.45, 2.75) is 118 Å². The smallest absolute Gasteiger partial charge is 0.311 e. The highest BCUT2D eigenvalue weighted by Gasteiger charge is 2.43. The molecular formula is C50H64ClN5O8S. The van der Waals surface area contributed by atoms with Gasteiger partial charge in [0.15, 0.2) is 9.84 Å². The number of aromatic nitrogens is 2. The van der Waals surface area contributed by atoms with Crippen molar-refractivity contribution >= 4 is 45.0 Å². The van der Waals surface area contributed by atoms with Crippen molar-refractivity contribution in [3.05, 3.63) is 107 Å². The third kappa shape index (κ3) is 13.0. The minimum absolute atomic E-state index is 0.0408. The number of aliphatic hydroxyl groups is 1. The Kier molecular flexibility index (Phi) is 16.5. The van der Waals surface area contributed by atoms with Crippen LogP contribution < -0.4 is 4.90 Å². The maximum atomic E-state index is 13.1. The predicted octanol–water partition coefficient (Wildman–Crippen LogP) is 7.69. The molecule has 0 spiro atoms. The van der Waals surface area contributed by atoms with Gasteiger partial charge in [-0.1, -0.05) is 75.7 Å². The van der Waals surface area contributed by atoms with Gasteiger partial charge in [-0.05, 0) is 98.8 Å². The van der Waals surface area contributed by atoms with Crippen LogP contribution in [0.25, 0.3) is 0 Å². The summed E-state index contributed by atoms with van der Waals surface area (Å²) in [5.74, 6) is 0.657. The first-order chi connectivity index (χ1) is 30.9. The van der Waals surface area contributed by atoms with Crippen molar-refractivity contribution in [2.24, 2.45) is 29.1 Å². The van der Waals surface area contributed by atoms with Crippen LogP contribution in [0.4, 0.5) is 5.69 Å². The Morgan fingerprint density at radius 3 is 2.51 bits per heavy atom. The summed E-state index contributed by atoms with van der Waals surface area (Å²) in [6.07, 6.45) is 13.1. The van der Waals surface area contributed by atoms with E-state index in [4.69, 9.17) is 26.3 Å².